The maximum absolute atomic E-state index is 10.2. The van der Waals surface area contributed by atoms with E-state index >= 15 is 0 Å². The van der Waals surface area contributed by atoms with Gasteiger partial charge in [0.25, 0.3) is 0 Å². The smallest absolute Gasteiger partial charge is 0.0650 e. The Bertz CT molecular complexity index is 520. The standard InChI is InChI=1S/C17H25N3O/c1-3-16(4-2)20-12-9-15(19-20)13-17(21)6-5-14-7-10-18-11-8-14/h7-12,16-17,21H,3-6,13H2,1-2H3. The first-order chi connectivity index (χ1) is 10.2. The largest absolute Gasteiger partial charge is 0.393 e. The van der Waals surface area contributed by atoms with Gasteiger partial charge in [-0.25, -0.2) is 0 Å². The van der Waals surface area contributed by atoms with E-state index in [4.69, 9.17) is 0 Å². The predicted molar refractivity (Wildman–Crippen MR) is 84.1 cm³/mol. The highest BCUT2D eigenvalue weighted by Gasteiger charge is 2.11. The molecule has 0 aliphatic rings. The Balaban J connectivity index is 1.84. The lowest BCUT2D eigenvalue weighted by molar-refractivity contribution is 0.163. The van der Waals surface area contributed by atoms with Crippen LogP contribution in [-0.4, -0.2) is 26.0 Å². The zero-order valence-corrected chi connectivity index (χ0v) is 12.9. The Morgan fingerprint density at radius 2 is 1.86 bits per heavy atom. The molecule has 0 saturated heterocycles. The minimum atomic E-state index is -0.344. The molecule has 0 radical (unpaired) electrons. The minimum Gasteiger partial charge on any atom is -0.393 e. The van der Waals surface area contributed by atoms with Crippen molar-refractivity contribution in [3.8, 4) is 0 Å². The average molecular weight is 287 g/mol. The van der Waals surface area contributed by atoms with Crippen LogP contribution in [0.15, 0.2) is 36.8 Å². The zero-order chi connectivity index (χ0) is 15.1. The lowest BCUT2D eigenvalue weighted by atomic mass is 10.1. The third-order valence-electron chi connectivity index (χ3n) is 3.94. The predicted octanol–water partition coefficient (Wildman–Crippen LogP) is 3.18. The van der Waals surface area contributed by atoms with Crippen LogP contribution in [0.25, 0.3) is 0 Å². The molecule has 0 bridgehead atoms. The summed E-state index contributed by atoms with van der Waals surface area (Å²) >= 11 is 0. The highest BCUT2D eigenvalue weighted by molar-refractivity contribution is 5.10. The number of aliphatic hydroxyl groups excluding tert-OH is 1. The van der Waals surface area contributed by atoms with Crippen LogP contribution in [0.5, 0.6) is 0 Å². The first kappa shape index (κ1) is 15.7. The van der Waals surface area contributed by atoms with Crippen molar-refractivity contribution in [3.05, 3.63) is 48.0 Å². The molecule has 0 saturated carbocycles. The Hall–Kier alpha value is -1.68. The normalized spacial score (nSPS) is 12.8. The summed E-state index contributed by atoms with van der Waals surface area (Å²) in [4.78, 5) is 4.00. The van der Waals surface area contributed by atoms with Gasteiger partial charge in [-0.05, 0) is 49.4 Å². The number of nitrogens with zero attached hydrogens (tertiary/aromatic N) is 3. The number of aromatic nitrogens is 3. The van der Waals surface area contributed by atoms with Crippen LogP contribution in [0.3, 0.4) is 0 Å². The molecule has 2 aromatic rings. The summed E-state index contributed by atoms with van der Waals surface area (Å²) in [5, 5.41) is 14.8. The van der Waals surface area contributed by atoms with Gasteiger partial charge in [-0.1, -0.05) is 13.8 Å². The second kappa shape index (κ2) is 7.93. The summed E-state index contributed by atoms with van der Waals surface area (Å²) in [7, 11) is 0. The SMILES string of the molecule is CCC(CC)n1ccc(CC(O)CCc2ccncc2)n1. The number of aryl methyl sites for hydroxylation is 1. The molecule has 1 N–H and O–H groups in total. The molecule has 21 heavy (non-hydrogen) atoms. The van der Waals surface area contributed by atoms with E-state index in [2.05, 4.69) is 23.9 Å². The van der Waals surface area contributed by atoms with E-state index < -0.39 is 0 Å². The van der Waals surface area contributed by atoms with Crippen LogP contribution in [-0.2, 0) is 12.8 Å². The molecule has 1 unspecified atom stereocenters. The molecule has 0 amide bonds. The molecule has 4 nitrogen and oxygen atoms in total. The molecular formula is C17H25N3O. The number of hydrogen-bond acceptors (Lipinski definition) is 3. The lowest BCUT2D eigenvalue weighted by Crippen LogP contribution is -2.13. The molecule has 4 heteroatoms. The molecule has 1 atom stereocenters. The quantitative estimate of drug-likeness (QED) is 0.811. The lowest BCUT2D eigenvalue weighted by Gasteiger charge is -2.13. The topological polar surface area (TPSA) is 50.9 Å². The number of rotatable bonds is 8. The molecule has 0 fully saturated rings. The van der Waals surface area contributed by atoms with Gasteiger partial charge >= 0.3 is 0 Å². The number of aliphatic hydroxyl groups is 1. The Kier molecular flexibility index (Phi) is 5.93. The van der Waals surface area contributed by atoms with Gasteiger partial charge in [-0.3, -0.25) is 9.67 Å². The van der Waals surface area contributed by atoms with E-state index in [0.717, 1.165) is 31.4 Å². The van der Waals surface area contributed by atoms with Gasteiger partial charge in [0, 0.05) is 25.0 Å². The van der Waals surface area contributed by atoms with Crippen molar-refractivity contribution in [2.24, 2.45) is 0 Å². The maximum atomic E-state index is 10.2. The fraction of sp³-hybridized carbons (Fsp3) is 0.529. The minimum absolute atomic E-state index is 0.344. The highest BCUT2D eigenvalue weighted by atomic mass is 16.3. The van der Waals surface area contributed by atoms with Gasteiger partial charge < -0.3 is 5.11 Å². The molecule has 114 valence electrons. The summed E-state index contributed by atoms with van der Waals surface area (Å²) < 4.78 is 2.03. The molecule has 2 rings (SSSR count). The molecule has 0 aliphatic carbocycles. The fourth-order valence-corrected chi connectivity index (χ4v) is 2.58. The summed E-state index contributed by atoms with van der Waals surface area (Å²) in [5.41, 5.74) is 2.19. The van der Waals surface area contributed by atoms with E-state index in [-0.39, 0.29) is 6.10 Å². The average Bonchev–Trinajstić information content (AvgIpc) is 2.96. The van der Waals surface area contributed by atoms with E-state index in [1.165, 1.54) is 5.56 Å². The monoisotopic (exact) mass is 287 g/mol. The van der Waals surface area contributed by atoms with E-state index in [1.54, 1.807) is 12.4 Å². The second-order valence-corrected chi connectivity index (χ2v) is 5.51. The third kappa shape index (κ3) is 4.67. The summed E-state index contributed by atoms with van der Waals surface area (Å²) in [5.74, 6) is 0. The van der Waals surface area contributed by atoms with Gasteiger partial charge in [0.15, 0.2) is 0 Å². The van der Waals surface area contributed by atoms with Crippen LogP contribution in [0.2, 0.25) is 0 Å². The van der Waals surface area contributed by atoms with Crippen LogP contribution in [0, 0.1) is 0 Å². The van der Waals surface area contributed by atoms with Crippen LogP contribution < -0.4 is 0 Å². The maximum Gasteiger partial charge on any atom is 0.0650 e. The van der Waals surface area contributed by atoms with Gasteiger partial charge in [0.05, 0.1) is 17.8 Å². The first-order valence-corrected chi connectivity index (χ1v) is 7.83. The Labute approximate surface area is 126 Å². The van der Waals surface area contributed by atoms with Gasteiger partial charge in [-0.2, -0.15) is 5.10 Å². The Morgan fingerprint density at radius 3 is 2.52 bits per heavy atom. The first-order valence-electron chi connectivity index (χ1n) is 7.83. The van der Waals surface area contributed by atoms with Crippen molar-refractivity contribution >= 4 is 0 Å². The molecule has 0 spiro atoms. The van der Waals surface area contributed by atoms with E-state index in [0.29, 0.717) is 12.5 Å². The summed E-state index contributed by atoms with van der Waals surface area (Å²) in [6, 6.07) is 6.48. The number of hydrogen-bond donors (Lipinski definition) is 1. The van der Waals surface area contributed by atoms with Crippen LogP contribution in [0.1, 0.15) is 50.4 Å². The Morgan fingerprint density at radius 1 is 1.14 bits per heavy atom. The van der Waals surface area contributed by atoms with Gasteiger partial charge in [0.1, 0.15) is 0 Å². The van der Waals surface area contributed by atoms with Crippen molar-refractivity contribution in [2.45, 2.75) is 58.1 Å². The van der Waals surface area contributed by atoms with Gasteiger partial charge in [0.2, 0.25) is 0 Å². The van der Waals surface area contributed by atoms with Crippen LogP contribution >= 0.6 is 0 Å². The molecule has 0 aliphatic heterocycles. The van der Waals surface area contributed by atoms with Crippen molar-refractivity contribution in [1.29, 1.82) is 0 Å². The summed E-state index contributed by atoms with van der Waals surface area (Å²) in [6.07, 6.45) is 9.69. The van der Waals surface area contributed by atoms with E-state index in [1.807, 2.05) is 29.1 Å². The van der Waals surface area contributed by atoms with E-state index in [9.17, 15) is 5.11 Å². The molecular weight excluding hydrogens is 262 g/mol. The highest BCUT2D eigenvalue weighted by Crippen LogP contribution is 2.15. The van der Waals surface area contributed by atoms with Crippen molar-refractivity contribution < 1.29 is 5.11 Å². The zero-order valence-electron chi connectivity index (χ0n) is 12.9. The molecule has 2 aromatic heterocycles. The van der Waals surface area contributed by atoms with Crippen molar-refractivity contribution in [1.82, 2.24) is 14.8 Å². The summed E-state index contributed by atoms with van der Waals surface area (Å²) in [6.45, 7) is 4.36. The second-order valence-electron chi connectivity index (χ2n) is 5.51. The fourth-order valence-electron chi connectivity index (χ4n) is 2.58. The van der Waals surface area contributed by atoms with Crippen molar-refractivity contribution in [2.75, 3.05) is 0 Å². The molecule has 2 heterocycles. The van der Waals surface area contributed by atoms with Crippen LogP contribution in [0.4, 0.5) is 0 Å². The van der Waals surface area contributed by atoms with Crippen molar-refractivity contribution in [3.63, 3.8) is 0 Å². The third-order valence-corrected chi connectivity index (χ3v) is 3.94. The molecule has 0 aromatic carbocycles. The van der Waals surface area contributed by atoms with Gasteiger partial charge in [-0.15, -0.1) is 0 Å². The number of pyridine rings is 1.